The average molecular weight is 203 g/mol. The first-order valence-electron chi connectivity index (χ1n) is 4.89. The summed E-state index contributed by atoms with van der Waals surface area (Å²) in [5.74, 6) is 0.524. The summed E-state index contributed by atoms with van der Waals surface area (Å²) in [7, 11) is 0. The van der Waals surface area contributed by atoms with E-state index >= 15 is 0 Å². The van der Waals surface area contributed by atoms with E-state index in [-0.39, 0.29) is 6.04 Å². The van der Waals surface area contributed by atoms with E-state index in [1.807, 2.05) is 18.2 Å². The fourth-order valence-electron chi connectivity index (χ4n) is 1.60. The highest BCUT2D eigenvalue weighted by Crippen LogP contribution is 2.19. The Hall–Kier alpha value is -1.75. The van der Waals surface area contributed by atoms with Crippen LogP contribution in [0.1, 0.15) is 29.9 Å². The second-order valence-electron chi connectivity index (χ2n) is 3.30. The first-order valence-corrected chi connectivity index (χ1v) is 4.89. The van der Waals surface area contributed by atoms with Gasteiger partial charge in [-0.25, -0.2) is 0 Å². The van der Waals surface area contributed by atoms with Crippen molar-refractivity contribution in [2.75, 3.05) is 0 Å². The highest BCUT2D eigenvalue weighted by atomic mass is 15.5. The minimum atomic E-state index is -0.306. The van der Waals surface area contributed by atoms with Gasteiger partial charge >= 0.3 is 0 Å². The van der Waals surface area contributed by atoms with E-state index in [0.29, 0.717) is 5.82 Å². The van der Waals surface area contributed by atoms with Crippen molar-refractivity contribution in [2.45, 2.75) is 19.4 Å². The number of benzene rings is 1. The van der Waals surface area contributed by atoms with Gasteiger partial charge in [0.15, 0.2) is 5.82 Å². The third-order valence-corrected chi connectivity index (χ3v) is 2.41. The van der Waals surface area contributed by atoms with Crippen molar-refractivity contribution in [3.63, 3.8) is 0 Å². The lowest BCUT2D eigenvalue weighted by Gasteiger charge is -2.11. The van der Waals surface area contributed by atoms with Gasteiger partial charge in [-0.1, -0.05) is 36.4 Å². The average Bonchev–Trinajstić information content (AvgIpc) is 2.81. The van der Waals surface area contributed by atoms with Gasteiger partial charge < -0.3 is 5.73 Å². The van der Waals surface area contributed by atoms with Crippen LogP contribution in [0.25, 0.3) is 0 Å². The van der Waals surface area contributed by atoms with Gasteiger partial charge in [-0.15, -0.1) is 10.2 Å². The van der Waals surface area contributed by atoms with Gasteiger partial charge in [-0.05, 0) is 17.5 Å². The number of nitrogens with two attached hydrogens (primary N) is 1. The molecule has 1 unspecified atom stereocenters. The smallest absolute Gasteiger partial charge is 0.195 e. The lowest BCUT2D eigenvalue weighted by atomic mass is 9.99. The maximum absolute atomic E-state index is 6.05. The molecule has 0 spiro atoms. The monoisotopic (exact) mass is 203 g/mol. The van der Waals surface area contributed by atoms with E-state index in [1.54, 1.807) is 0 Å². The molecule has 0 saturated heterocycles. The van der Waals surface area contributed by atoms with Crippen LogP contribution in [0.3, 0.4) is 0 Å². The maximum atomic E-state index is 6.05. The van der Waals surface area contributed by atoms with Gasteiger partial charge in [0.1, 0.15) is 0 Å². The summed E-state index contributed by atoms with van der Waals surface area (Å²) in [6, 6.07) is 7.73. The minimum Gasteiger partial charge on any atom is -0.318 e. The fraction of sp³-hybridized carbons (Fsp3) is 0.300. The molecule has 1 aromatic carbocycles. The Morgan fingerprint density at radius 2 is 2.20 bits per heavy atom. The summed E-state index contributed by atoms with van der Waals surface area (Å²) < 4.78 is 0. The van der Waals surface area contributed by atoms with Gasteiger partial charge in [0, 0.05) is 0 Å². The van der Waals surface area contributed by atoms with Crippen LogP contribution < -0.4 is 5.73 Å². The van der Waals surface area contributed by atoms with Crippen molar-refractivity contribution in [3.05, 3.63) is 41.2 Å². The number of rotatable bonds is 3. The zero-order valence-corrected chi connectivity index (χ0v) is 8.51. The van der Waals surface area contributed by atoms with Gasteiger partial charge in [-0.2, -0.15) is 5.21 Å². The van der Waals surface area contributed by atoms with Crippen LogP contribution in [-0.2, 0) is 6.42 Å². The standard InChI is InChI=1S/C10H13N5/c1-2-7-5-3-4-6-8(7)9(11)10-12-14-15-13-10/h3-6,9H,2,11H2,1H3,(H,12,13,14,15). The molecule has 0 fully saturated rings. The second kappa shape index (κ2) is 4.18. The lowest BCUT2D eigenvalue weighted by molar-refractivity contribution is 0.773. The Kier molecular flexibility index (Phi) is 2.73. The Morgan fingerprint density at radius 3 is 2.87 bits per heavy atom. The molecule has 5 nitrogen and oxygen atoms in total. The normalized spacial score (nSPS) is 12.7. The molecule has 1 heterocycles. The Bertz CT molecular complexity index is 423. The summed E-state index contributed by atoms with van der Waals surface area (Å²) in [5.41, 5.74) is 8.33. The Balaban J connectivity index is 2.37. The number of H-pyrrole nitrogens is 1. The lowest BCUT2D eigenvalue weighted by Crippen LogP contribution is -2.15. The molecule has 0 bridgehead atoms. The molecule has 0 aliphatic rings. The fourth-order valence-corrected chi connectivity index (χ4v) is 1.60. The van der Waals surface area contributed by atoms with Crippen LogP contribution in [0, 0.1) is 0 Å². The number of tetrazole rings is 1. The van der Waals surface area contributed by atoms with Crippen molar-refractivity contribution in [1.29, 1.82) is 0 Å². The van der Waals surface area contributed by atoms with Crippen LogP contribution in [-0.4, -0.2) is 20.6 Å². The molecule has 0 amide bonds. The van der Waals surface area contributed by atoms with Crippen molar-refractivity contribution < 1.29 is 0 Å². The predicted octanol–water partition coefficient (Wildman–Crippen LogP) is 0.810. The minimum absolute atomic E-state index is 0.306. The van der Waals surface area contributed by atoms with Gasteiger partial charge in [0.05, 0.1) is 6.04 Å². The van der Waals surface area contributed by atoms with Crippen molar-refractivity contribution >= 4 is 0 Å². The molecular weight excluding hydrogens is 190 g/mol. The van der Waals surface area contributed by atoms with Crippen LogP contribution in [0.5, 0.6) is 0 Å². The Labute approximate surface area is 87.7 Å². The molecule has 3 N–H and O–H groups in total. The number of aromatic amines is 1. The number of aryl methyl sites for hydroxylation is 1. The van der Waals surface area contributed by atoms with Crippen LogP contribution >= 0.6 is 0 Å². The molecular formula is C10H13N5. The predicted molar refractivity (Wildman–Crippen MR) is 56.0 cm³/mol. The molecule has 2 rings (SSSR count). The summed E-state index contributed by atoms with van der Waals surface area (Å²) >= 11 is 0. The molecule has 0 saturated carbocycles. The Morgan fingerprint density at radius 1 is 1.40 bits per heavy atom. The molecule has 78 valence electrons. The summed E-state index contributed by atoms with van der Waals surface area (Å²) in [4.78, 5) is 0. The molecule has 5 heteroatoms. The molecule has 1 atom stereocenters. The highest BCUT2D eigenvalue weighted by Gasteiger charge is 2.15. The van der Waals surface area contributed by atoms with Crippen molar-refractivity contribution in [2.24, 2.45) is 5.73 Å². The van der Waals surface area contributed by atoms with E-state index in [2.05, 4.69) is 33.6 Å². The summed E-state index contributed by atoms with van der Waals surface area (Å²) in [5, 5.41) is 13.7. The van der Waals surface area contributed by atoms with E-state index in [1.165, 1.54) is 5.56 Å². The van der Waals surface area contributed by atoms with E-state index in [4.69, 9.17) is 5.73 Å². The number of hydrogen-bond donors (Lipinski definition) is 2. The summed E-state index contributed by atoms with van der Waals surface area (Å²) in [6.07, 6.45) is 0.946. The van der Waals surface area contributed by atoms with Crippen molar-refractivity contribution in [3.8, 4) is 0 Å². The summed E-state index contributed by atoms with van der Waals surface area (Å²) in [6.45, 7) is 2.10. The molecule has 0 radical (unpaired) electrons. The quantitative estimate of drug-likeness (QED) is 0.773. The third kappa shape index (κ3) is 1.87. The molecule has 1 aromatic heterocycles. The van der Waals surface area contributed by atoms with Gasteiger partial charge in [-0.3, -0.25) is 0 Å². The van der Waals surface area contributed by atoms with E-state index in [0.717, 1.165) is 12.0 Å². The zero-order chi connectivity index (χ0) is 10.7. The van der Waals surface area contributed by atoms with Gasteiger partial charge in [0.25, 0.3) is 0 Å². The van der Waals surface area contributed by atoms with Crippen LogP contribution in [0.2, 0.25) is 0 Å². The molecule has 15 heavy (non-hydrogen) atoms. The maximum Gasteiger partial charge on any atom is 0.195 e. The number of hydrogen-bond acceptors (Lipinski definition) is 4. The van der Waals surface area contributed by atoms with Gasteiger partial charge in [0.2, 0.25) is 0 Å². The largest absolute Gasteiger partial charge is 0.318 e. The SMILES string of the molecule is CCc1ccccc1C(N)c1nn[nH]n1. The molecule has 2 aromatic rings. The first kappa shape index (κ1) is 9.79. The third-order valence-electron chi connectivity index (χ3n) is 2.41. The topological polar surface area (TPSA) is 80.5 Å². The van der Waals surface area contributed by atoms with Crippen molar-refractivity contribution in [1.82, 2.24) is 20.6 Å². The highest BCUT2D eigenvalue weighted by molar-refractivity contribution is 5.32. The van der Waals surface area contributed by atoms with Crippen LogP contribution in [0.4, 0.5) is 0 Å². The number of nitrogens with zero attached hydrogens (tertiary/aromatic N) is 3. The van der Waals surface area contributed by atoms with Crippen LogP contribution in [0.15, 0.2) is 24.3 Å². The van der Waals surface area contributed by atoms with E-state index in [9.17, 15) is 0 Å². The number of nitrogens with one attached hydrogen (secondary N) is 1. The molecule has 0 aliphatic heterocycles. The second-order valence-corrected chi connectivity index (χ2v) is 3.30. The number of aromatic nitrogens is 4. The molecule has 0 aliphatic carbocycles. The first-order chi connectivity index (χ1) is 7.33. The zero-order valence-electron chi connectivity index (χ0n) is 8.51. The van der Waals surface area contributed by atoms with E-state index < -0.39 is 0 Å².